The maximum atomic E-state index is 5.60. The summed E-state index contributed by atoms with van der Waals surface area (Å²) < 4.78 is 5.39. The second kappa shape index (κ2) is 10.2. The number of benzene rings is 1. The molecule has 1 aromatic carbocycles. The quantitative estimate of drug-likeness (QED) is 0.601. The Hall–Kier alpha value is -1.21. The first-order valence-corrected chi connectivity index (χ1v) is 10.2. The lowest BCUT2D eigenvalue weighted by molar-refractivity contribution is 0.0375. The van der Waals surface area contributed by atoms with Gasteiger partial charge in [0.1, 0.15) is 0 Å². The predicted molar refractivity (Wildman–Crippen MR) is 111 cm³/mol. The maximum absolute atomic E-state index is 5.60. The van der Waals surface area contributed by atoms with Crippen molar-refractivity contribution >= 4 is 17.3 Å². The van der Waals surface area contributed by atoms with Gasteiger partial charge in [-0.05, 0) is 43.2 Å². The number of hydrogen-bond acceptors (Lipinski definition) is 4. The molecule has 2 saturated heterocycles. The molecule has 1 N–H and O–H groups in total. The highest BCUT2D eigenvalue weighted by Crippen LogP contribution is 2.12. The fourth-order valence-corrected chi connectivity index (χ4v) is 3.86. The third kappa shape index (κ3) is 5.91. The average molecular weight is 377 g/mol. The molecule has 0 atom stereocenters. The second-order valence-electron chi connectivity index (χ2n) is 7.23. The van der Waals surface area contributed by atoms with Crippen LogP contribution in [0.5, 0.6) is 0 Å². The van der Waals surface area contributed by atoms with E-state index in [0.717, 1.165) is 83.6 Å². The fourth-order valence-electron chi connectivity index (χ4n) is 3.57. The Kier molecular flexibility index (Phi) is 7.68. The van der Waals surface area contributed by atoms with Gasteiger partial charge in [-0.25, -0.2) is 0 Å². The van der Waals surface area contributed by atoms with Gasteiger partial charge < -0.3 is 15.0 Å². The van der Waals surface area contributed by atoms with E-state index in [1.807, 2.05) is 0 Å². The van der Waals surface area contributed by atoms with Crippen LogP contribution in [0.1, 0.15) is 17.5 Å². The summed E-state index contributed by atoms with van der Waals surface area (Å²) in [5.74, 6) is 0. The van der Waals surface area contributed by atoms with Crippen molar-refractivity contribution in [3.05, 3.63) is 35.4 Å². The Morgan fingerprint density at radius 2 is 1.77 bits per heavy atom. The van der Waals surface area contributed by atoms with Crippen molar-refractivity contribution in [3.8, 4) is 0 Å². The molecule has 2 heterocycles. The minimum atomic E-state index is 0.874. The van der Waals surface area contributed by atoms with E-state index < -0.39 is 0 Å². The molecule has 2 aliphatic rings. The summed E-state index contributed by atoms with van der Waals surface area (Å²) >= 11 is 5.60. The zero-order valence-electron chi connectivity index (χ0n) is 16.0. The van der Waals surface area contributed by atoms with Crippen LogP contribution >= 0.6 is 12.2 Å². The zero-order chi connectivity index (χ0) is 18.2. The Labute approximate surface area is 163 Å². The minimum Gasteiger partial charge on any atom is -0.379 e. The lowest BCUT2D eigenvalue weighted by Crippen LogP contribution is -2.51. The molecule has 3 rings (SSSR count). The van der Waals surface area contributed by atoms with E-state index in [2.05, 4.69) is 51.2 Å². The molecule has 144 valence electrons. The van der Waals surface area contributed by atoms with Crippen LogP contribution < -0.4 is 5.32 Å². The molecule has 6 heteroatoms. The molecule has 26 heavy (non-hydrogen) atoms. The molecule has 0 saturated carbocycles. The topological polar surface area (TPSA) is 31.0 Å². The summed E-state index contributed by atoms with van der Waals surface area (Å²) in [7, 11) is 0. The zero-order valence-corrected chi connectivity index (χ0v) is 16.8. The second-order valence-corrected chi connectivity index (χ2v) is 7.62. The van der Waals surface area contributed by atoms with Gasteiger partial charge in [-0.2, -0.15) is 0 Å². The molecule has 0 radical (unpaired) electrons. The maximum Gasteiger partial charge on any atom is 0.169 e. The van der Waals surface area contributed by atoms with E-state index in [9.17, 15) is 0 Å². The molecular formula is C20H32N4OS. The van der Waals surface area contributed by atoms with Crippen LogP contribution in [0.15, 0.2) is 24.3 Å². The number of piperazine rings is 1. The molecule has 0 spiro atoms. The highest BCUT2D eigenvalue weighted by Gasteiger charge is 2.19. The summed E-state index contributed by atoms with van der Waals surface area (Å²) in [6, 6.07) is 8.68. The first kappa shape index (κ1) is 19.5. The lowest BCUT2D eigenvalue weighted by atomic mass is 10.1. The van der Waals surface area contributed by atoms with Gasteiger partial charge in [-0.3, -0.25) is 9.80 Å². The highest BCUT2D eigenvalue weighted by molar-refractivity contribution is 7.80. The minimum absolute atomic E-state index is 0.874. The number of hydrogen-bond donors (Lipinski definition) is 1. The molecular weight excluding hydrogens is 344 g/mol. The first-order chi connectivity index (χ1) is 12.7. The number of morpholine rings is 1. The smallest absolute Gasteiger partial charge is 0.169 e. The molecule has 0 aliphatic carbocycles. The molecule has 1 aromatic rings. The van der Waals surface area contributed by atoms with Crippen LogP contribution in [0.4, 0.5) is 0 Å². The number of thiocarbonyl (C=S) groups is 1. The van der Waals surface area contributed by atoms with Crippen LogP contribution in [0.25, 0.3) is 0 Å². The number of aryl methyl sites for hydroxylation is 1. The highest BCUT2D eigenvalue weighted by atomic mass is 32.1. The van der Waals surface area contributed by atoms with Gasteiger partial charge in [0, 0.05) is 52.4 Å². The number of rotatable bonds is 6. The van der Waals surface area contributed by atoms with Crippen molar-refractivity contribution in [2.24, 2.45) is 0 Å². The van der Waals surface area contributed by atoms with Crippen molar-refractivity contribution in [1.82, 2.24) is 20.0 Å². The van der Waals surface area contributed by atoms with Crippen molar-refractivity contribution in [2.75, 3.05) is 65.6 Å². The van der Waals surface area contributed by atoms with Gasteiger partial charge in [0.2, 0.25) is 0 Å². The Morgan fingerprint density at radius 1 is 1.04 bits per heavy atom. The predicted octanol–water partition coefficient (Wildman–Crippen LogP) is 1.71. The first-order valence-electron chi connectivity index (χ1n) is 9.82. The van der Waals surface area contributed by atoms with Crippen molar-refractivity contribution < 1.29 is 4.74 Å². The molecule has 2 fully saturated rings. The van der Waals surface area contributed by atoms with E-state index in [4.69, 9.17) is 17.0 Å². The van der Waals surface area contributed by atoms with Crippen LogP contribution in [0, 0.1) is 6.92 Å². The molecule has 0 amide bonds. The van der Waals surface area contributed by atoms with Crippen LogP contribution in [-0.2, 0) is 11.3 Å². The van der Waals surface area contributed by atoms with Crippen molar-refractivity contribution in [3.63, 3.8) is 0 Å². The van der Waals surface area contributed by atoms with Crippen LogP contribution in [-0.4, -0.2) is 85.4 Å². The molecule has 0 aromatic heterocycles. The Morgan fingerprint density at radius 3 is 2.50 bits per heavy atom. The Bertz CT molecular complexity index is 569. The molecule has 0 unspecified atom stereocenters. The van der Waals surface area contributed by atoms with Gasteiger partial charge in [0.15, 0.2) is 5.11 Å². The van der Waals surface area contributed by atoms with E-state index in [0.29, 0.717) is 0 Å². The third-order valence-electron chi connectivity index (χ3n) is 5.35. The number of ether oxygens (including phenoxy) is 1. The Balaban J connectivity index is 1.31. The van der Waals surface area contributed by atoms with E-state index in [1.54, 1.807) is 0 Å². The standard InChI is InChI=1S/C20H32N4OS/c1-18-5-2-3-6-19(18)17-23-9-11-24(12-10-23)20(26)21-7-4-8-22-13-15-25-16-14-22/h2-3,5-6H,4,7-17H2,1H3,(H,21,26). The number of nitrogens with one attached hydrogen (secondary N) is 1. The normalized spacial score (nSPS) is 19.5. The van der Waals surface area contributed by atoms with Crippen LogP contribution in [0.2, 0.25) is 0 Å². The summed E-state index contributed by atoms with van der Waals surface area (Å²) in [6.07, 6.45) is 1.13. The summed E-state index contributed by atoms with van der Waals surface area (Å²) in [5, 5.41) is 4.37. The molecule has 5 nitrogen and oxygen atoms in total. The summed E-state index contributed by atoms with van der Waals surface area (Å²) in [6.45, 7) is 13.4. The van der Waals surface area contributed by atoms with Crippen molar-refractivity contribution in [2.45, 2.75) is 19.9 Å². The number of nitrogens with zero attached hydrogens (tertiary/aromatic N) is 3. The summed E-state index contributed by atoms with van der Waals surface area (Å²) in [5.41, 5.74) is 2.82. The SMILES string of the molecule is Cc1ccccc1CN1CCN(C(=S)NCCCN2CCOCC2)CC1. The van der Waals surface area contributed by atoms with E-state index in [1.165, 1.54) is 11.1 Å². The molecule has 2 aliphatic heterocycles. The van der Waals surface area contributed by atoms with Gasteiger partial charge in [-0.15, -0.1) is 0 Å². The lowest BCUT2D eigenvalue weighted by Gasteiger charge is -2.36. The largest absolute Gasteiger partial charge is 0.379 e. The monoisotopic (exact) mass is 376 g/mol. The van der Waals surface area contributed by atoms with E-state index >= 15 is 0 Å². The van der Waals surface area contributed by atoms with Gasteiger partial charge in [-0.1, -0.05) is 24.3 Å². The van der Waals surface area contributed by atoms with Gasteiger partial charge >= 0.3 is 0 Å². The van der Waals surface area contributed by atoms with Crippen LogP contribution in [0.3, 0.4) is 0 Å². The third-order valence-corrected chi connectivity index (χ3v) is 5.75. The van der Waals surface area contributed by atoms with Gasteiger partial charge in [0.05, 0.1) is 13.2 Å². The average Bonchev–Trinajstić information content (AvgIpc) is 2.68. The fraction of sp³-hybridized carbons (Fsp3) is 0.650. The van der Waals surface area contributed by atoms with E-state index in [-0.39, 0.29) is 0 Å². The van der Waals surface area contributed by atoms with Gasteiger partial charge in [0.25, 0.3) is 0 Å². The van der Waals surface area contributed by atoms with Crippen molar-refractivity contribution in [1.29, 1.82) is 0 Å². The molecule has 0 bridgehead atoms. The summed E-state index contributed by atoms with van der Waals surface area (Å²) in [4.78, 5) is 7.32.